The standard InChI is InChI=1S/C25H24F2N2O5S/c1-15-13-18(6-9-20(15)16-3-7-19(8-4-16)35(31,32)28-2)29-23(30)24(11-12-24)17-5-10-21-22(14-17)34-25(26,27)33-21/h3-10,13-14,28,31-32H,11-12H2,1-2H3,(H,29,30). The number of anilines is 1. The zero-order valence-electron chi connectivity index (χ0n) is 19.0. The van der Waals surface area contributed by atoms with Crippen LogP contribution >= 0.6 is 10.8 Å². The molecule has 5 rings (SSSR count). The molecule has 2 aliphatic rings. The van der Waals surface area contributed by atoms with Crippen molar-refractivity contribution in [2.75, 3.05) is 12.4 Å². The van der Waals surface area contributed by atoms with Crippen molar-refractivity contribution >= 4 is 22.4 Å². The average Bonchev–Trinajstić information content (AvgIpc) is 3.56. The molecule has 1 amide bonds. The Labute approximate surface area is 202 Å². The third-order valence-corrected chi connectivity index (χ3v) is 7.90. The summed E-state index contributed by atoms with van der Waals surface area (Å²) in [6.45, 7) is 1.92. The Morgan fingerprint density at radius 3 is 2.29 bits per heavy atom. The topological polar surface area (TPSA) is 100 Å². The molecule has 1 aliphatic carbocycles. The van der Waals surface area contributed by atoms with E-state index in [9.17, 15) is 22.7 Å². The van der Waals surface area contributed by atoms with Gasteiger partial charge in [0.25, 0.3) is 0 Å². The molecule has 1 heterocycles. The van der Waals surface area contributed by atoms with Crippen molar-refractivity contribution in [1.82, 2.24) is 4.72 Å². The predicted octanol–water partition coefficient (Wildman–Crippen LogP) is 5.90. The molecule has 3 aromatic carbocycles. The summed E-state index contributed by atoms with van der Waals surface area (Å²) in [5.41, 5.74) is 3.19. The molecule has 3 aromatic rings. The van der Waals surface area contributed by atoms with Crippen molar-refractivity contribution < 1.29 is 32.2 Å². The number of nitrogens with one attached hydrogen (secondary N) is 2. The lowest BCUT2D eigenvalue weighted by molar-refractivity contribution is -0.286. The monoisotopic (exact) mass is 502 g/mol. The second-order valence-electron chi connectivity index (χ2n) is 8.67. The Kier molecular flexibility index (Phi) is 5.52. The zero-order chi connectivity index (χ0) is 25.0. The summed E-state index contributed by atoms with van der Waals surface area (Å²) in [4.78, 5) is 13.6. The van der Waals surface area contributed by atoms with Crippen LogP contribution in [0.4, 0.5) is 14.5 Å². The van der Waals surface area contributed by atoms with E-state index in [4.69, 9.17) is 0 Å². The maximum atomic E-state index is 13.4. The first-order valence-corrected chi connectivity index (χ1v) is 12.5. The van der Waals surface area contributed by atoms with Gasteiger partial charge in [0.15, 0.2) is 11.5 Å². The van der Waals surface area contributed by atoms with Gasteiger partial charge in [-0.1, -0.05) is 24.3 Å². The van der Waals surface area contributed by atoms with Gasteiger partial charge >= 0.3 is 6.29 Å². The number of benzene rings is 3. The van der Waals surface area contributed by atoms with Gasteiger partial charge in [0.1, 0.15) is 0 Å². The van der Waals surface area contributed by atoms with E-state index in [1.54, 1.807) is 24.3 Å². The molecule has 0 unspecified atom stereocenters. The fraction of sp³-hybridized carbons (Fsp3) is 0.240. The zero-order valence-corrected chi connectivity index (χ0v) is 19.8. The van der Waals surface area contributed by atoms with E-state index in [-0.39, 0.29) is 17.4 Å². The van der Waals surface area contributed by atoms with Gasteiger partial charge in [-0.25, -0.2) is 4.72 Å². The van der Waals surface area contributed by atoms with Crippen LogP contribution in [0.5, 0.6) is 11.5 Å². The number of hydrogen-bond donors (Lipinski definition) is 4. The lowest BCUT2D eigenvalue weighted by Gasteiger charge is -2.31. The van der Waals surface area contributed by atoms with Gasteiger partial charge in [0.05, 0.1) is 10.3 Å². The quantitative estimate of drug-likeness (QED) is 0.335. The Morgan fingerprint density at radius 1 is 0.971 bits per heavy atom. The first-order chi connectivity index (χ1) is 16.5. The normalized spacial score (nSPS) is 17.7. The van der Waals surface area contributed by atoms with Crippen LogP contribution in [-0.2, 0) is 10.2 Å². The highest BCUT2D eigenvalue weighted by Gasteiger charge is 2.52. The summed E-state index contributed by atoms with van der Waals surface area (Å²) < 4.78 is 58.2. The van der Waals surface area contributed by atoms with Crippen LogP contribution in [0.3, 0.4) is 0 Å². The molecular formula is C25H24F2N2O5S. The van der Waals surface area contributed by atoms with Gasteiger partial charge < -0.3 is 14.8 Å². The number of carbonyl (C=O) groups excluding carboxylic acids is 1. The smallest absolute Gasteiger partial charge is 0.395 e. The fourth-order valence-corrected chi connectivity index (χ4v) is 5.03. The molecule has 0 aromatic heterocycles. The molecule has 1 aliphatic heterocycles. The molecule has 184 valence electrons. The number of alkyl halides is 2. The second kappa shape index (κ2) is 8.20. The van der Waals surface area contributed by atoms with Crippen molar-refractivity contribution in [3.8, 4) is 22.6 Å². The SMILES string of the molecule is CNS(O)(O)c1ccc(-c2ccc(NC(=O)C3(c4ccc5c(c4)OC(F)(F)O5)CC3)cc2C)cc1. The number of amides is 1. The minimum atomic E-state index is -3.70. The number of halogens is 2. The number of ether oxygens (including phenoxy) is 2. The van der Waals surface area contributed by atoms with Gasteiger partial charge in [-0.15, -0.1) is 19.6 Å². The summed E-state index contributed by atoms with van der Waals surface area (Å²) in [6.07, 6.45) is -2.50. The molecule has 0 radical (unpaired) electrons. The summed E-state index contributed by atoms with van der Waals surface area (Å²) in [5, 5.41) is 2.95. The number of carbonyl (C=O) groups is 1. The van der Waals surface area contributed by atoms with Gasteiger partial charge in [0, 0.05) is 12.7 Å². The van der Waals surface area contributed by atoms with Crippen LogP contribution in [0.1, 0.15) is 24.0 Å². The van der Waals surface area contributed by atoms with E-state index < -0.39 is 22.5 Å². The van der Waals surface area contributed by atoms with Gasteiger partial charge in [-0.2, -0.15) is 0 Å². The van der Waals surface area contributed by atoms with E-state index >= 15 is 0 Å². The van der Waals surface area contributed by atoms with Crippen LogP contribution < -0.4 is 19.5 Å². The van der Waals surface area contributed by atoms with Gasteiger partial charge in [-0.3, -0.25) is 13.9 Å². The Balaban J connectivity index is 1.33. The molecular weight excluding hydrogens is 478 g/mol. The lowest BCUT2D eigenvalue weighted by Crippen LogP contribution is -2.28. The Morgan fingerprint density at radius 2 is 1.66 bits per heavy atom. The largest absolute Gasteiger partial charge is 0.586 e. The number of rotatable bonds is 6. The summed E-state index contributed by atoms with van der Waals surface area (Å²) in [5.74, 6) is -0.337. The van der Waals surface area contributed by atoms with Crippen molar-refractivity contribution in [2.24, 2.45) is 0 Å². The summed E-state index contributed by atoms with van der Waals surface area (Å²) >= 11 is 0. The first kappa shape index (κ1) is 23.6. The molecule has 7 nitrogen and oxygen atoms in total. The van der Waals surface area contributed by atoms with E-state index in [0.717, 1.165) is 16.7 Å². The molecule has 1 fully saturated rings. The number of aryl methyl sites for hydroxylation is 1. The molecule has 0 bridgehead atoms. The number of hydrogen-bond acceptors (Lipinski definition) is 6. The van der Waals surface area contributed by atoms with Crippen molar-refractivity contribution in [3.05, 3.63) is 71.8 Å². The lowest BCUT2D eigenvalue weighted by atomic mass is 9.94. The Hall–Kier alpha value is -3.18. The van der Waals surface area contributed by atoms with Crippen LogP contribution in [0, 0.1) is 6.92 Å². The van der Waals surface area contributed by atoms with E-state index in [1.807, 2.05) is 31.2 Å². The molecule has 0 atom stereocenters. The van der Waals surface area contributed by atoms with Crippen molar-refractivity contribution in [3.63, 3.8) is 0 Å². The van der Waals surface area contributed by atoms with Crippen LogP contribution in [0.25, 0.3) is 11.1 Å². The fourth-order valence-electron chi connectivity index (χ4n) is 4.28. The Bertz CT molecular complexity index is 1310. The van der Waals surface area contributed by atoms with Crippen LogP contribution in [0.15, 0.2) is 65.6 Å². The van der Waals surface area contributed by atoms with E-state index in [0.29, 0.717) is 29.0 Å². The first-order valence-electron chi connectivity index (χ1n) is 10.9. The van der Waals surface area contributed by atoms with E-state index in [1.165, 1.54) is 19.2 Å². The maximum Gasteiger partial charge on any atom is 0.586 e. The molecule has 10 heteroatoms. The molecule has 4 N–H and O–H groups in total. The van der Waals surface area contributed by atoms with Gasteiger partial charge in [0.2, 0.25) is 5.91 Å². The average molecular weight is 503 g/mol. The van der Waals surface area contributed by atoms with Crippen molar-refractivity contribution in [2.45, 2.75) is 36.4 Å². The van der Waals surface area contributed by atoms with Crippen LogP contribution in [-0.4, -0.2) is 28.4 Å². The number of fused-ring (bicyclic) bond motifs is 1. The highest BCUT2D eigenvalue weighted by molar-refractivity contribution is 8.22. The highest BCUT2D eigenvalue weighted by atomic mass is 32.3. The van der Waals surface area contributed by atoms with Crippen molar-refractivity contribution in [1.29, 1.82) is 0 Å². The molecule has 0 saturated heterocycles. The predicted molar refractivity (Wildman–Crippen MR) is 129 cm³/mol. The maximum absolute atomic E-state index is 13.4. The van der Waals surface area contributed by atoms with Crippen LogP contribution in [0.2, 0.25) is 0 Å². The summed E-state index contributed by atoms with van der Waals surface area (Å²) in [6, 6.07) is 17.0. The second-order valence-corrected chi connectivity index (χ2v) is 10.6. The van der Waals surface area contributed by atoms with E-state index in [2.05, 4.69) is 19.5 Å². The van der Waals surface area contributed by atoms with Gasteiger partial charge in [-0.05, 0) is 78.4 Å². The highest BCUT2D eigenvalue weighted by Crippen LogP contribution is 2.52. The minimum absolute atomic E-state index is 0.0507. The summed E-state index contributed by atoms with van der Waals surface area (Å²) in [7, 11) is -1.53. The molecule has 35 heavy (non-hydrogen) atoms. The molecule has 1 saturated carbocycles. The third kappa shape index (κ3) is 4.34. The third-order valence-electron chi connectivity index (χ3n) is 6.40. The minimum Gasteiger partial charge on any atom is -0.395 e. The molecule has 0 spiro atoms.